The summed E-state index contributed by atoms with van der Waals surface area (Å²) in [5.41, 5.74) is 7.77. The Kier molecular flexibility index (Phi) is 3.87. The third-order valence-corrected chi connectivity index (χ3v) is 4.25. The second-order valence-electron chi connectivity index (χ2n) is 5.63. The molecule has 0 aliphatic carbocycles. The van der Waals surface area contributed by atoms with Crippen molar-refractivity contribution < 1.29 is 4.79 Å². The minimum Gasteiger partial charge on any atom is -0.329 e. The molecule has 1 heterocycles. The van der Waals surface area contributed by atoms with E-state index >= 15 is 0 Å². The molecule has 1 aliphatic rings. The number of urea groups is 1. The highest BCUT2D eigenvalue weighted by molar-refractivity contribution is 9.10. The van der Waals surface area contributed by atoms with Gasteiger partial charge in [-0.05, 0) is 44.0 Å². The summed E-state index contributed by atoms with van der Waals surface area (Å²) in [7, 11) is 0. The molecule has 0 saturated carbocycles. The number of nitrogens with one attached hydrogen (secondary N) is 1. The summed E-state index contributed by atoms with van der Waals surface area (Å²) in [6.07, 6.45) is 0. The molecule has 2 rings (SSSR count). The van der Waals surface area contributed by atoms with E-state index in [1.807, 2.05) is 24.8 Å². The van der Waals surface area contributed by atoms with E-state index in [4.69, 9.17) is 5.73 Å². The highest BCUT2D eigenvalue weighted by atomic mass is 79.9. The van der Waals surface area contributed by atoms with Gasteiger partial charge in [0.05, 0.1) is 11.6 Å². The number of carbonyl (C=O) groups excluding carboxylic acids is 1. The molecule has 1 aromatic carbocycles. The average Bonchev–Trinajstić information content (AvgIpc) is 2.75. The van der Waals surface area contributed by atoms with Crippen LogP contribution in [0.3, 0.4) is 0 Å². The van der Waals surface area contributed by atoms with Crippen LogP contribution in [0.1, 0.15) is 31.0 Å². The smallest absolute Gasteiger partial charge is 0.318 e. The molecular weight excluding hydrogens is 306 g/mol. The highest BCUT2D eigenvalue weighted by Crippen LogP contribution is 2.29. The van der Waals surface area contributed by atoms with E-state index in [1.54, 1.807) is 0 Å². The molecule has 0 spiro atoms. The zero-order valence-corrected chi connectivity index (χ0v) is 13.1. The van der Waals surface area contributed by atoms with E-state index in [9.17, 15) is 4.79 Å². The van der Waals surface area contributed by atoms with E-state index in [0.29, 0.717) is 13.1 Å². The normalized spacial score (nSPS) is 19.7. The number of rotatable bonds is 3. The number of nitrogens with zero attached hydrogens (tertiary/aromatic N) is 1. The van der Waals surface area contributed by atoms with Gasteiger partial charge in [-0.3, -0.25) is 0 Å². The fourth-order valence-corrected chi connectivity index (χ4v) is 2.71. The molecular formula is C14H20BrN3O. The Morgan fingerprint density at radius 3 is 2.84 bits per heavy atom. The topological polar surface area (TPSA) is 58.4 Å². The van der Waals surface area contributed by atoms with Gasteiger partial charge < -0.3 is 16.0 Å². The molecule has 0 bridgehead atoms. The van der Waals surface area contributed by atoms with Gasteiger partial charge in [0.15, 0.2) is 0 Å². The van der Waals surface area contributed by atoms with Crippen LogP contribution in [0.4, 0.5) is 4.79 Å². The highest BCUT2D eigenvalue weighted by Gasteiger charge is 2.38. The maximum absolute atomic E-state index is 12.1. The Hall–Kier alpha value is -1.07. The second kappa shape index (κ2) is 5.13. The van der Waals surface area contributed by atoms with E-state index < -0.39 is 0 Å². The van der Waals surface area contributed by atoms with Crippen LogP contribution in [-0.2, 0) is 0 Å². The molecule has 2 amide bonds. The Bertz CT molecular complexity index is 501. The number of amides is 2. The van der Waals surface area contributed by atoms with Gasteiger partial charge in [0.25, 0.3) is 0 Å². The number of benzene rings is 1. The van der Waals surface area contributed by atoms with Crippen molar-refractivity contribution in [2.45, 2.75) is 32.4 Å². The van der Waals surface area contributed by atoms with E-state index in [1.165, 1.54) is 5.56 Å². The van der Waals surface area contributed by atoms with Gasteiger partial charge in [-0.1, -0.05) is 22.0 Å². The van der Waals surface area contributed by atoms with Crippen molar-refractivity contribution in [3.63, 3.8) is 0 Å². The van der Waals surface area contributed by atoms with Crippen molar-refractivity contribution in [3.8, 4) is 0 Å². The molecule has 4 nitrogen and oxygen atoms in total. The number of aryl methyl sites for hydroxylation is 1. The second-order valence-corrected chi connectivity index (χ2v) is 6.55. The lowest BCUT2D eigenvalue weighted by molar-refractivity contribution is 0.163. The molecule has 1 saturated heterocycles. The summed E-state index contributed by atoms with van der Waals surface area (Å²) in [6, 6.07) is 6.12. The molecule has 0 aromatic heterocycles. The van der Waals surface area contributed by atoms with Gasteiger partial charge in [0.2, 0.25) is 0 Å². The first-order valence-corrected chi connectivity index (χ1v) is 7.18. The SMILES string of the molecule is Cc1ccc(Br)cc1C1CN(C(C)(C)CN)C(=O)N1. The number of hydrogen-bond donors (Lipinski definition) is 2. The third-order valence-electron chi connectivity index (χ3n) is 3.75. The lowest BCUT2D eigenvalue weighted by atomic mass is 10.00. The number of hydrogen-bond acceptors (Lipinski definition) is 2. The maximum atomic E-state index is 12.1. The molecule has 1 aromatic rings. The van der Waals surface area contributed by atoms with Crippen LogP contribution < -0.4 is 11.1 Å². The van der Waals surface area contributed by atoms with Crippen LogP contribution in [0.15, 0.2) is 22.7 Å². The summed E-state index contributed by atoms with van der Waals surface area (Å²) in [5, 5.41) is 3.04. The van der Waals surface area contributed by atoms with Crippen molar-refractivity contribution in [3.05, 3.63) is 33.8 Å². The first-order chi connectivity index (χ1) is 8.85. The fraction of sp³-hybridized carbons (Fsp3) is 0.500. The summed E-state index contributed by atoms with van der Waals surface area (Å²) in [4.78, 5) is 13.9. The minimum atomic E-state index is -0.321. The van der Waals surface area contributed by atoms with Gasteiger partial charge in [0, 0.05) is 17.6 Å². The van der Waals surface area contributed by atoms with Crippen molar-refractivity contribution in [1.29, 1.82) is 0 Å². The first kappa shape index (κ1) is 14.3. The minimum absolute atomic E-state index is 0.0239. The Balaban J connectivity index is 2.26. The van der Waals surface area contributed by atoms with Crippen molar-refractivity contribution in [2.75, 3.05) is 13.1 Å². The monoisotopic (exact) mass is 325 g/mol. The van der Waals surface area contributed by atoms with Gasteiger partial charge in [0.1, 0.15) is 0 Å². The Morgan fingerprint density at radius 2 is 2.21 bits per heavy atom. The van der Waals surface area contributed by atoms with Crippen LogP contribution in [0.25, 0.3) is 0 Å². The van der Waals surface area contributed by atoms with Gasteiger partial charge in [-0.15, -0.1) is 0 Å². The van der Waals surface area contributed by atoms with Crippen LogP contribution in [0, 0.1) is 6.92 Å². The van der Waals surface area contributed by atoms with Gasteiger partial charge in [-0.2, -0.15) is 0 Å². The predicted octanol–water partition coefficient (Wildman–Crippen LogP) is 2.56. The van der Waals surface area contributed by atoms with Gasteiger partial charge >= 0.3 is 6.03 Å². The summed E-state index contributed by atoms with van der Waals surface area (Å²) < 4.78 is 1.03. The molecule has 1 aliphatic heterocycles. The molecule has 3 N–H and O–H groups in total. The van der Waals surface area contributed by atoms with Gasteiger partial charge in [-0.25, -0.2) is 4.79 Å². The predicted molar refractivity (Wildman–Crippen MR) is 80.0 cm³/mol. The standard InChI is InChI=1S/C14H20BrN3O/c1-9-4-5-10(15)6-11(9)12-7-18(13(19)17-12)14(2,3)8-16/h4-6,12H,7-8,16H2,1-3H3,(H,17,19). The molecule has 5 heteroatoms. The molecule has 0 radical (unpaired) electrons. The Morgan fingerprint density at radius 1 is 1.53 bits per heavy atom. The van der Waals surface area contributed by atoms with Crippen molar-refractivity contribution in [1.82, 2.24) is 10.2 Å². The number of carbonyl (C=O) groups is 1. The Labute approximate surface area is 122 Å². The molecule has 104 valence electrons. The quantitative estimate of drug-likeness (QED) is 0.897. The summed E-state index contributed by atoms with van der Waals surface area (Å²) >= 11 is 3.48. The number of halogens is 1. The molecule has 1 unspecified atom stereocenters. The largest absolute Gasteiger partial charge is 0.329 e. The van der Waals surface area contributed by atoms with Crippen LogP contribution in [-0.4, -0.2) is 29.6 Å². The lowest BCUT2D eigenvalue weighted by Crippen LogP contribution is -2.50. The van der Waals surface area contributed by atoms with Crippen molar-refractivity contribution >= 4 is 22.0 Å². The van der Waals surface area contributed by atoms with E-state index in [-0.39, 0.29) is 17.6 Å². The van der Waals surface area contributed by atoms with E-state index in [2.05, 4.69) is 40.3 Å². The zero-order valence-electron chi connectivity index (χ0n) is 11.5. The number of nitrogens with two attached hydrogens (primary N) is 1. The fourth-order valence-electron chi connectivity index (χ4n) is 2.33. The maximum Gasteiger partial charge on any atom is 0.318 e. The summed E-state index contributed by atoms with van der Waals surface area (Å²) in [5.74, 6) is 0. The molecule has 1 fully saturated rings. The lowest BCUT2D eigenvalue weighted by Gasteiger charge is -2.33. The van der Waals surface area contributed by atoms with Crippen LogP contribution in [0.5, 0.6) is 0 Å². The van der Waals surface area contributed by atoms with Crippen molar-refractivity contribution in [2.24, 2.45) is 5.73 Å². The molecule has 19 heavy (non-hydrogen) atoms. The van der Waals surface area contributed by atoms with Crippen LogP contribution in [0.2, 0.25) is 0 Å². The third kappa shape index (κ3) is 2.77. The summed E-state index contributed by atoms with van der Waals surface area (Å²) in [6.45, 7) is 7.14. The van der Waals surface area contributed by atoms with Crippen LogP contribution >= 0.6 is 15.9 Å². The molecule has 1 atom stereocenters. The van der Waals surface area contributed by atoms with E-state index in [0.717, 1.165) is 10.0 Å². The first-order valence-electron chi connectivity index (χ1n) is 6.39. The zero-order chi connectivity index (χ0) is 14.2. The average molecular weight is 326 g/mol.